The summed E-state index contributed by atoms with van der Waals surface area (Å²) in [5, 5.41) is 1.03. The van der Waals surface area contributed by atoms with Gasteiger partial charge in [-0.1, -0.05) is 12.1 Å². The van der Waals surface area contributed by atoms with Crippen LogP contribution in [0.15, 0.2) is 42.9 Å². The van der Waals surface area contributed by atoms with Crippen molar-refractivity contribution in [1.82, 2.24) is 24.3 Å². The lowest BCUT2D eigenvalue weighted by molar-refractivity contribution is 0.159. The fourth-order valence-corrected chi connectivity index (χ4v) is 5.11. The van der Waals surface area contributed by atoms with Gasteiger partial charge in [-0.15, -0.1) is 0 Å². The Hall–Kier alpha value is -3.16. The van der Waals surface area contributed by atoms with E-state index in [4.69, 9.17) is 0 Å². The largest absolute Gasteiger partial charge is 0.355 e. The number of nitrogens with zero attached hydrogens (tertiary/aromatic N) is 6. The van der Waals surface area contributed by atoms with E-state index in [1.165, 1.54) is 6.07 Å². The zero-order chi connectivity index (χ0) is 21.0. The van der Waals surface area contributed by atoms with Crippen LogP contribution >= 0.6 is 0 Å². The van der Waals surface area contributed by atoms with Gasteiger partial charge >= 0.3 is 6.03 Å². The lowest BCUT2D eigenvalue weighted by Gasteiger charge is -2.32. The molecule has 30 heavy (non-hydrogen) atoms. The van der Waals surface area contributed by atoms with Crippen molar-refractivity contribution in [3.63, 3.8) is 0 Å². The van der Waals surface area contributed by atoms with Gasteiger partial charge in [-0.3, -0.25) is 0 Å². The summed E-state index contributed by atoms with van der Waals surface area (Å²) in [5.74, 6) is 1.17. The Bertz CT molecular complexity index is 1110. The first-order valence-corrected chi connectivity index (χ1v) is 10.2. The third kappa shape index (κ3) is 2.89. The number of carbonyl (C=O) groups is 1. The monoisotopic (exact) mass is 408 g/mol. The molecule has 2 aromatic heterocycles. The number of likely N-dealkylation sites (tertiary alicyclic amines) is 1. The minimum absolute atomic E-state index is 0.0299. The topological polar surface area (TPSA) is 57.5 Å². The van der Waals surface area contributed by atoms with E-state index in [0.717, 1.165) is 35.5 Å². The molecule has 1 aromatic carbocycles. The summed E-state index contributed by atoms with van der Waals surface area (Å²) in [6, 6.07) is 8.52. The summed E-state index contributed by atoms with van der Waals surface area (Å²) in [7, 11) is 5.50. The first kappa shape index (κ1) is 18.8. The summed E-state index contributed by atoms with van der Waals surface area (Å²) < 4.78 is 16.0. The highest BCUT2D eigenvalue weighted by Gasteiger charge is 2.50. The predicted octanol–water partition coefficient (Wildman–Crippen LogP) is 2.90. The molecule has 2 fully saturated rings. The fraction of sp³-hybridized carbons (Fsp3) is 0.409. The number of urea groups is 1. The van der Waals surface area contributed by atoms with Crippen LogP contribution in [0.4, 0.5) is 15.0 Å². The molecule has 0 aliphatic carbocycles. The molecule has 0 N–H and O–H groups in total. The van der Waals surface area contributed by atoms with Crippen molar-refractivity contribution in [3.8, 4) is 0 Å². The van der Waals surface area contributed by atoms with Crippen LogP contribution in [0.1, 0.15) is 11.6 Å². The van der Waals surface area contributed by atoms with E-state index in [0.29, 0.717) is 12.5 Å². The zero-order valence-electron chi connectivity index (χ0n) is 17.4. The second kappa shape index (κ2) is 6.97. The molecule has 0 saturated carbocycles. The van der Waals surface area contributed by atoms with Crippen LogP contribution in [0, 0.1) is 17.7 Å². The Morgan fingerprint density at radius 1 is 1.17 bits per heavy atom. The molecule has 7 nitrogen and oxygen atoms in total. The second-order valence-electron chi connectivity index (χ2n) is 8.52. The average molecular weight is 408 g/mol. The van der Waals surface area contributed by atoms with Gasteiger partial charge in [0, 0.05) is 58.8 Å². The highest BCUT2D eigenvalue weighted by molar-refractivity contribution is 5.88. The van der Waals surface area contributed by atoms with Gasteiger partial charge in [0.15, 0.2) is 0 Å². The van der Waals surface area contributed by atoms with Gasteiger partial charge in [0.1, 0.15) is 23.6 Å². The van der Waals surface area contributed by atoms with Gasteiger partial charge in [-0.25, -0.2) is 19.2 Å². The third-order valence-electron chi connectivity index (χ3n) is 6.42. The van der Waals surface area contributed by atoms with Gasteiger partial charge in [0.2, 0.25) is 0 Å². The standard InChI is InChI=1S/C22H25FN6O/c1-26(2)22(30)29-11-15-10-28(21-17-7-8-27(3)20(17)24-13-25-21)12-18(15)19(29)14-5-4-6-16(23)9-14/h4-9,13,15,18-19H,10-12H2,1-3H3/t15-,18-,19+/m1/s1. The molecule has 2 saturated heterocycles. The molecule has 0 bridgehead atoms. The number of hydrogen-bond donors (Lipinski definition) is 0. The van der Waals surface area contributed by atoms with Crippen molar-refractivity contribution >= 4 is 22.9 Å². The number of carbonyl (C=O) groups excluding carboxylic acids is 1. The molecule has 4 heterocycles. The number of benzene rings is 1. The molecule has 0 spiro atoms. The first-order chi connectivity index (χ1) is 14.4. The number of hydrogen-bond acceptors (Lipinski definition) is 4. The summed E-state index contributed by atoms with van der Waals surface area (Å²) in [4.78, 5) is 27.7. The molecule has 0 unspecified atom stereocenters. The Balaban J connectivity index is 1.50. The maximum absolute atomic E-state index is 14.0. The van der Waals surface area contributed by atoms with E-state index in [2.05, 4.69) is 14.9 Å². The molecule has 3 atom stereocenters. The first-order valence-electron chi connectivity index (χ1n) is 10.2. The summed E-state index contributed by atoms with van der Waals surface area (Å²) in [5.41, 5.74) is 1.76. The quantitative estimate of drug-likeness (QED) is 0.654. The zero-order valence-corrected chi connectivity index (χ0v) is 17.4. The van der Waals surface area contributed by atoms with Crippen molar-refractivity contribution in [1.29, 1.82) is 0 Å². The lowest BCUT2D eigenvalue weighted by Crippen LogP contribution is -2.41. The Morgan fingerprint density at radius 2 is 2.00 bits per heavy atom. The molecule has 2 aliphatic rings. The van der Waals surface area contributed by atoms with E-state index >= 15 is 0 Å². The van der Waals surface area contributed by atoms with Crippen molar-refractivity contribution in [3.05, 3.63) is 54.2 Å². The van der Waals surface area contributed by atoms with Crippen LogP contribution < -0.4 is 4.90 Å². The molecule has 2 amide bonds. The maximum Gasteiger partial charge on any atom is 0.320 e. The van der Waals surface area contributed by atoms with Crippen LogP contribution in [-0.2, 0) is 7.05 Å². The minimum Gasteiger partial charge on any atom is -0.355 e. The molecule has 0 radical (unpaired) electrons. The highest BCUT2D eigenvalue weighted by atomic mass is 19.1. The Kier molecular flexibility index (Phi) is 4.38. The second-order valence-corrected chi connectivity index (χ2v) is 8.52. The number of anilines is 1. The van der Waals surface area contributed by atoms with Crippen LogP contribution in [0.5, 0.6) is 0 Å². The predicted molar refractivity (Wildman–Crippen MR) is 113 cm³/mol. The van der Waals surface area contributed by atoms with Crippen LogP contribution in [-0.4, -0.2) is 64.1 Å². The summed E-state index contributed by atoms with van der Waals surface area (Å²) in [6.07, 6.45) is 3.60. The van der Waals surface area contributed by atoms with Crippen molar-refractivity contribution < 1.29 is 9.18 Å². The lowest BCUT2D eigenvalue weighted by atomic mass is 9.89. The molecule has 3 aromatic rings. The molecular formula is C22H25FN6O. The summed E-state index contributed by atoms with van der Waals surface area (Å²) >= 11 is 0. The van der Waals surface area contributed by atoms with Crippen molar-refractivity contribution in [2.45, 2.75) is 6.04 Å². The number of fused-ring (bicyclic) bond motifs is 2. The molecule has 8 heteroatoms. The van der Waals surface area contributed by atoms with Crippen LogP contribution in [0.25, 0.3) is 11.0 Å². The SMILES string of the molecule is CN(C)C(=O)N1C[C@H]2CN(c3ncnc4c3ccn4C)C[C@H]2[C@@H]1c1cccc(F)c1. The van der Waals surface area contributed by atoms with E-state index in [1.54, 1.807) is 37.5 Å². The summed E-state index contributed by atoms with van der Waals surface area (Å²) in [6.45, 7) is 2.24. The van der Waals surface area contributed by atoms with E-state index < -0.39 is 0 Å². The number of amides is 2. The van der Waals surface area contributed by atoms with Crippen LogP contribution in [0.3, 0.4) is 0 Å². The number of rotatable bonds is 2. The number of halogens is 1. The Morgan fingerprint density at radius 3 is 2.77 bits per heavy atom. The molecule has 5 rings (SSSR count). The van der Waals surface area contributed by atoms with Gasteiger partial charge in [0.25, 0.3) is 0 Å². The van der Waals surface area contributed by atoms with Gasteiger partial charge in [-0.05, 0) is 23.8 Å². The molecule has 156 valence electrons. The highest BCUT2D eigenvalue weighted by Crippen LogP contribution is 2.46. The minimum atomic E-state index is -0.273. The molecule has 2 aliphatic heterocycles. The fourth-order valence-electron chi connectivity index (χ4n) is 5.11. The van der Waals surface area contributed by atoms with Gasteiger partial charge in [0.05, 0.1) is 11.4 Å². The van der Waals surface area contributed by atoms with Crippen molar-refractivity contribution in [2.24, 2.45) is 18.9 Å². The number of aryl methyl sites for hydroxylation is 1. The Labute approximate surface area is 174 Å². The van der Waals surface area contributed by atoms with Gasteiger partial charge < -0.3 is 19.3 Å². The van der Waals surface area contributed by atoms with E-state index in [-0.39, 0.29) is 23.8 Å². The van der Waals surface area contributed by atoms with Gasteiger partial charge in [-0.2, -0.15) is 0 Å². The van der Waals surface area contributed by atoms with Crippen molar-refractivity contribution in [2.75, 3.05) is 38.6 Å². The maximum atomic E-state index is 14.0. The average Bonchev–Trinajstić information content (AvgIpc) is 3.39. The smallest absolute Gasteiger partial charge is 0.320 e. The van der Waals surface area contributed by atoms with E-state index in [1.807, 2.05) is 34.8 Å². The van der Waals surface area contributed by atoms with E-state index in [9.17, 15) is 9.18 Å². The third-order valence-corrected chi connectivity index (χ3v) is 6.42. The van der Waals surface area contributed by atoms with Crippen LogP contribution in [0.2, 0.25) is 0 Å². The number of aromatic nitrogens is 3. The normalized spacial score (nSPS) is 23.3. The molecular weight excluding hydrogens is 383 g/mol.